The number of likely N-dealkylation sites (tertiary alicyclic amines) is 1. The molecule has 98 valence electrons. The Morgan fingerprint density at radius 2 is 1.94 bits per heavy atom. The van der Waals surface area contributed by atoms with Gasteiger partial charge in [-0.2, -0.15) is 0 Å². The Hall–Kier alpha value is 0.440. The summed E-state index contributed by atoms with van der Waals surface area (Å²) in [7, 11) is 0. The topological polar surface area (TPSA) is 3.24 Å². The van der Waals surface area contributed by atoms with E-state index in [0.717, 1.165) is 23.8 Å². The first kappa shape index (κ1) is 12.5. The van der Waals surface area contributed by atoms with E-state index >= 15 is 0 Å². The molecule has 17 heavy (non-hydrogen) atoms. The molecule has 0 amide bonds. The molecule has 3 rings (SSSR count). The average Bonchev–Trinajstić information content (AvgIpc) is 2.87. The molecule has 1 heterocycles. The van der Waals surface area contributed by atoms with Crippen molar-refractivity contribution in [3.05, 3.63) is 0 Å². The molecule has 3 aliphatic rings. The molecule has 2 aliphatic carbocycles. The fraction of sp³-hybridized carbons (Fsp3) is 1.00. The van der Waals surface area contributed by atoms with E-state index in [9.17, 15) is 0 Å². The maximum atomic E-state index is 3.73. The first-order valence-electron chi connectivity index (χ1n) is 7.67. The van der Waals surface area contributed by atoms with Crippen molar-refractivity contribution in [3.8, 4) is 0 Å². The van der Waals surface area contributed by atoms with E-state index < -0.39 is 0 Å². The zero-order chi connectivity index (χ0) is 11.7. The highest BCUT2D eigenvalue weighted by molar-refractivity contribution is 9.09. The van der Waals surface area contributed by atoms with Gasteiger partial charge in [0.2, 0.25) is 0 Å². The molecule has 4 atom stereocenters. The standard InChI is InChI=1S/C15H26BrN/c16-10-15-4-2-1-3-7-17(15)11-14-9-12-5-6-13(14)8-12/h12-15H,1-11H2. The minimum absolute atomic E-state index is 0.830. The van der Waals surface area contributed by atoms with Crippen molar-refractivity contribution in [2.45, 2.75) is 57.4 Å². The van der Waals surface area contributed by atoms with Crippen molar-refractivity contribution in [1.82, 2.24) is 4.90 Å². The minimum Gasteiger partial charge on any atom is -0.299 e. The van der Waals surface area contributed by atoms with Gasteiger partial charge in [0.05, 0.1) is 0 Å². The zero-order valence-electron chi connectivity index (χ0n) is 10.9. The lowest BCUT2D eigenvalue weighted by Gasteiger charge is -2.33. The van der Waals surface area contributed by atoms with Crippen molar-refractivity contribution < 1.29 is 0 Å². The van der Waals surface area contributed by atoms with Crippen LogP contribution in [0.5, 0.6) is 0 Å². The molecule has 0 aromatic heterocycles. The summed E-state index contributed by atoms with van der Waals surface area (Å²) in [6.07, 6.45) is 12.0. The van der Waals surface area contributed by atoms with Gasteiger partial charge in [0.25, 0.3) is 0 Å². The van der Waals surface area contributed by atoms with Crippen molar-refractivity contribution >= 4 is 15.9 Å². The van der Waals surface area contributed by atoms with E-state index in [0.29, 0.717) is 0 Å². The molecule has 0 radical (unpaired) electrons. The maximum absolute atomic E-state index is 3.73. The highest BCUT2D eigenvalue weighted by atomic mass is 79.9. The summed E-state index contributed by atoms with van der Waals surface area (Å²) in [5.41, 5.74) is 0. The van der Waals surface area contributed by atoms with Gasteiger partial charge in [-0.1, -0.05) is 35.2 Å². The van der Waals surface area contributed by atoms with Crippen molar-refractivity contribution in [2.75, 3.05) is 18.4 Å². The first-order valence-corrected chi connectivity index (χ1v) is 8.79. The third-order valence-corrected chi connectivity index (χ3v) is 6.28. The van der Waals surface area contributed by atoms with Crippen LogP contribution >= 0.6 is 15.9 Å². The molecular weight excluding hydrogens is 274 g/mol. The molecule has 2 saturated carbocycles. The van der Waals surface area contributed by atoms with Crippen molar-refractivity contribution in [2.24, 2.45) is 17.8 Å². The molecule has 0 aromatic rings. The monoisotopic (exact) mass is 299 g/mol. The highest BCUT2D eigenvalue weighted by Crippen LogP contribution is 2.48. The summed E-state index contributed by atoms with van der Waals surface area (Å²) in [4.78, 5) is 2.83. The summed E-state index contributed by atoms with van der Waals surface area (Å²) in [6, 6.07) is 0.830. The van der Waals surface area contributed by atoms with E-state index in [4.69, 9.17) is 0 Å². The second kappa shape index (κ2) is 5.61. The summed E-state index contributed by atoms with van der Waals surface area (Å²) < 4.78 is 0. The van der Waals surface area contributed by atoms with Gasteiger partial charge >= 0.3 is 0 Å². The van der Waals surface area contributed by atoms with Crippen molar-refractivity contribution in [3.63, 3.8) is 0 Å². The fourth-order valence-electron chi connectivity index (χ4n) is 4.55. The third kappa shape index (κ3) is 2.73. The van der Waals surface area contributed by atoms with Crippen LogP contribution in [0, 0.1) is 17.8 Å². The minimum atomic E-state index is 0.830. The summed E-state index contributed by atoms with van der Waals surface area (Å²) in [5.74, 6) is 3.26. The quantitative estimate of drug-likeness (QED) is 0.710. The number of nitrogens with zero attached hydrogens (tertiary/aromatic N) is 1. The molecule has 1 nitrogen and oxygen atoms in total. The Bertz CT molecular complexity index is 255. The lowest BCUT2D eigenvalue weighted by Crippen LogP contribution is -2.40. The summed E-state index contributed by atoms with van der Waals surface area (Å²) in [5, 5.41) is 1.19. The van der Waals surface area contributed by atoms with Crippen LogP contribution < -0.4 is 0 Å². The Balaban J connectivity index is 1.58. The number of hydrogen-bond donors (Lipinski definition) is 0. The first-order chi connectivity index (χ1) is 8.36. The van der Waals surface area contributed by atoms with Gasteiger partial charge in [0.15, 0.2) is 0 Å². The van der Waals surface area contributed by atoms with E-state index in [1.54, 1.807) is 25.7 Å². The SMILES string of the molecule is BrCC1CCCCCN1CC1CC2CCC1C2. The fourth-order valence-corrected chi connectivity index (χ4v) is 5.29. The molecule has 0 spiro atoms. The Kier molecular flexibility index (Phi) is 4.11. The molecule has 0 N–H and O–H groups in total. The van der Waals surface area contributed by atoms with Gasteiger partial charge < -0.3 is 0 Å². The normalized spacial score (nSPS) is 42.9. The van der Waals surface area contributed by atoms with Crippen LogP contribution in [0.15, 0.2) is 0 Å². The Labute approximate surface area is 114 Å². The molecule has 2 heteroatoms. The van der Waals surface area contributed by atoms with Gasteiger partial charge in [-0.05, 0) is 56.4 Å². The lowest BCUT2D eigenvalue weighted by molar-refractivity contribution is 0.155. The Morgan fingerprint density at radius 1 is 1.00 bits per heavy atom. The van der Waals surface area contributed by atoms with Gasteiger partial charge in [0, 0.05) is 17.9 Å². The second-order valence-corrected chi connectivity index (χ2v) is 7.23. The van der Waals surface area contributed by atoms with Gasteiger partial charge in [-0.3, -0.25) is 4.90 Å². The van der Waals surface area contributed by atoms with Gasteiger partial charge in [-0.25, -0.2) is 0 Å². The molecule has 3 fully saturated rings. The van der Waals surface area contributed by atoms with E-state index in [-0.39, 0.29) is 0 Å². The largest absolute Gasteiger partial charge is 0.299 e. The highest BCUT2D eigenvalue weighted by Gasteiger charge is 2.40. The van der Waals surface area contributed by atoms with Crippen LogP contribution in [0.1, 0.15) is 51.4 Å². The number of alkyl halides is 1. The second-order valence-electron chi connectivity index (χ2n) is 6.59. The van der Waals surface area contributed by atoms with Crippen LogP contribution in [0.25, 0.3) is 0 Å². The molecule has 4 unspecified atom stereocenters. The summed E-state index contributed by atoms with van der Waals surface area (Å²) >= 11 is 3.73. The molecule has 1 aliphatic heterocycles. The summed E-state index contributed by atoms with van der Waals surface area (Å²) in [6.45, 7) is 2.78. The van der Waals surface area contributed by atoms with E-state index in [1.807, 2.05) is 0 Å². The predicted molar refractivity (Wildman–Crippen MR) is 76.6 cm³/mol. The van der Waals surface area contributed by atoms with Crippen LogP contribution in [-0.4, -0.2) is 29.4 Å². The van der Waals surface area contributed by atoms with Crippen LogP contribution in [-0.2, 0) is 0 Å². The van der Waals surface area contributed by atoms with Crippen LogP contribution in [0.3, 0.4) is 0 Å². The van der Waals surface area contributed by atoms with Crippen molar-refractivity contribution in [1.29, 1.82) is 0 Å². The number of rotatable bonds is 3. The molecular formula is C15H26BrN. The Morgan fingerprint density at radius 3 is 2.65 bits per heavy atom. The number of fused-ring (bicyclic) bond motifs is 2. The average molecular weight is 300 g/mol. The maximum Gasteiger partial charge on any atom is 0.0192 e. The zero-order valence-corrected chi connectivity index (χ0v) is 12.5. The number of hydrogen-bond acceptors (Lipinski definition) is 1. The van der Waals surface area contributed by atoms with Crippen LogP contribution in [0.4, 0.5) is 0 Å². The lowest BCUT2D eigenvalue weighted by atomic mass is 9.88. The van der Waals surface area contributed by atoms with Gasteiger partial charge in [-0.15, -0.1) is 0 Å². The molecule has 0 aromatic carbocycles. The molecule has 1 saturated heterocycles. The van der Waals surface area contributed by atoms with E-state index in [1.165, 1.54) is 44.1 Å². The third-order valence-electron chi connectivity index (χ3n) is 5.53. The van der Waals surface area contributed by atoms with Gasteiger partial charge in [0.1, 0.15) is 0 Å². The van der Waals surface area contributed by atoms with E-state index in [2.05, 4.69) is 20.8 Å². The smallest absolute Gasteiger partial charge is 0.0192 e. The predicted octanol–water partition coefficient (Wildman–Crippen LogP) is 4.06. The molecule has 2 bridgehead atoms. The number of halogens is 1. The van der Waals surface area contributed by atoms with Crippen LogP contribution in [0.2, 0.25) is 0 Å².